The highest BCUT2D eigenvalue weighted by Gasteiger charge is 2.54. The van der Waals surface area contributed by atoms with Gasteiger partial charge in [0.2, 0.25) is 5.91 Å². The van der Waals surface area contributed by atoms with Crippen LogP contribution in [-0.2, 0) is 14.4 Å². The van der Waals surface area contributed by atoms with Gasteiger partial charge in [0.25, 0.3) is 5.91 Å². The average molecular weight is 360 g/mol. The first-order valence-corrected chi connectivity index (χ1v) is 8.92. The van der Waals surface area contributed by atoms with Crippen molar-refractivity contribution in [1.82, 2.24) is 10.9 Å². The molecule has 7 heteroatoms. The molecule has 2 aliphatic rings. The van der Waals surface area contributed by atoms with E-state index in [9.17, 15) is 19.5 Å². The highest BCUT2D eigenvalue weighted by Crippen LogP contribution is 2.52. The summed E-state index contributed by atoms with van der Waals surface area (Å²) in [5, 5.41) is 9.42. The Balaban J connectivity index is 1.54. The van der Waals surface area contributed by atoms with E-state index < -0.39 is 35.7 Å². The Morgan fingerprint density at radius 2 is 1.85 bits per heavy atom. The van der Waals surface area contributed by atoms with E-state index in [-0.39, 0.29) is 11.8 Å². The Kier molecular flexibility index (Phi) is 5.15. The van der Waals surface area contributed by atoms with Gasteiger partial charge in [-0.3, -0.25) is 25.2 Å². The van der Waals surface area contributed by atoms with Crippen LogP contribution in [0.3, 0.4) is 0 Å². The number of aryl methyl sites for hydroxylation is 1. The molecule has 1 aromatic rings. The predicted molar refractivity (Wildman–Crippen MR) is 93.0 cm³/mol. The highest BCUT2D eigenvalue weighted by molar-refractivity contribution is 5.89. The van der Waals surface area contributed by atoms with Crippen LogP contribution in [0, 0.1) is 30.6 Å². The molecule has 1 aromatic carbocycles. The van der Waals surface area contributed by atoms with Gasteiger partial charge < -0.3 is 9.84 Å². The highest BCUT2D eigenvalue weighted by atomic mass is 16.5. The molecule has 2 fully saturated rings. The van der Waals surface area contributed by atoms with Crippen molar-refractivity contribution in [3.05, 3.63) is 29.8 Å². The number of aliphatic carboxylic acids is 1. The number of benzene rings is 1. The smallest absolute Gasteiger partial charge is 0.307 e. The van der Waals surface area contributed by atoms with Crippen LogP contribution in [0.2, 0.25) is 0 Å². The third kappa shape index (κ3) is 3.66. The summed E-state index contributed by atoms with van der Waals surface area (Å²) < 4.78 is 5.57. The van der Waals surface area contributed by atoms with E-state index in [1.807, 2.05) is 25.1 Å². The number of amides is 2. The lowest BCUT2D eigenvalue weighted by molar-refractivity contribution is -0.150. The van der Waals surface area contributed by atoms with Crippen LogP contribution in [0.4, 0.5) is 0 Å². The molecule has 7 nitrogen and oxygen atoms in total. The fourth-order valence-corrected chi connectivity index (χ4v) is 4.28. The van der Waals surface area contributed by atoms with E-state index in [0.29, 0.717) is 5.75 Å². The molecule has 0 saturated heterocycles. The van der Waals surface area contributed by atoms with Crippen LogP contribution in [0.1, 0.15) is 31.7 Å². The predicted octanol–water partition coefficient (Wildman–Crippen LogP) is 1.66. The second-order valence-corrected chi connectivity index (χ2v) is 7.28. The maximum absolute atomic E-state index is 12.5. The fraction of sp³-hybridized carbons (Fsp3) is 0.526. The maximum atomic E-state index is 12.5. The summed E-state index contributed by atoms with van der Waals surface area (Å²) in [6.07, 6.45) is 1.70. The van der Waals surface area contributed by atoms with E-state index in [0.717, 1.165) is 24.8 Å². The van der Waals surface area contributed by atoms with E-state index in [2.05, 4.69) is 10.9 Å². The lowest BCUT2D eigenvalue weighted by atomic mass is 9.79. The van der Waals surface area contributed by atoms with Crippen LogP contribution in [0.25, 0.3) is 0 Å². The van der Waals surface area contributed by atoms with Gasteiger partial charge in [-0.05, 0) is 62.6 Å². The van der Waals surface area contributed by atoms with Crippen LogP contribution in [0.5, 0.6) is 5.75 Å². The van der Waals surface area contributed by atoms with Crippen LogP contribution < -0.4 is 15.6 Å². The van der Waals surface area contributed by atoms with E-state index in [1.165, 1.54) is 0 Å². The monoisotopic (exact) mass is 360 g/mol. The molecule has 0 heterocycles. The van der Waals surface area contributed by atoms with Gasteiger partial charge in [0, 0.05) is 0 Å². The number of nitrogens with one attached hydrogen (secondary N) is 2. The van der Waals surface area contributed by atoms with Crippen molar-refractivity contribution >= 4 is 17.8 Å². The van der Waals surface area contributed by atoms with Gasteiger partial charge in [-0.1, -0.05) is 12.1 Å². The number of hydrogen-bond acceptors (Lipinski definition) is 4. The van der Waals surface area contributed by atoms with Gasteiger partial charge in [-0.25, -0.2) is 0 Å². The topological polar surface area (TPSA) is 105 Å². The summed E-state index contributed by atoms with van der Waals surface area (Å²) in [6.45, 7) is 3.51. The molecule has 3 N–H and O–H groups in total. The molecule has 0 aromatic heterocycles. The van der Waals surface area contributed by atoms with Gasteiger partial charge >= 0.3 is 5.97 Å². The molecule has 5 unspecified atom stereocenters. The fourth-order valence-electron chi connectivity index (χ4n) is 4.28. The van der Waals surface area contributed by atoms with E-state index in [4.69, 9.17) is 4.74 Å². The van der Waals surface area contributed by atoms with Gasteiger partial charge in [-0.2, -0.15) is 0 Å². The number of hydrazine groups is 1. The summed E-state index contributed by atoms with van der Waals surface area (Å²) in [7, 11) is 0. The average Bonchev–Trinajstić information content (AvgIpc) is 3.20. The SMILES string of the molecule is Cc1cccc(OC(C)C(=O)NNC(=O)C2C3CCC(C3)C2C(=O)O)c1. The summed E-state index contributed by atoms with van der Waals surface area (Å²) in [5.74, 6) is -2.38. The Bertz CT molecular complexity index is 720. The zero-order valence-corrected chi connectivity index (χ0v) is 14.9. The van der Waals surface area contributed by atoms with Crippen molar-refractivity contribution in [2.24, 2.45) is 23.7 Å². The summed E-state index contributed by atoms with van der Waals surface area (Å²) in [5.41, 5.74) is 5.76. The van der Waals surface area contributed by atoms with Crippen molar-refractivity contribution in [1.29, 1.82) is 0 Å². The number of carboxylic acid groups (broad SMARTS) is 1. The van der Waals surface area contributed by atoms with Gasteiger partial charge in [0.05, 0.1) is 11.8 Å². The van der Waals surface area contributed by atoms with E-state index in [1.54, 1.807) is 13.0 Å². The number of carbonyl (C=O) groups is 3. The summed E-state index contributed by atoms with van der Waals surface area (Å²) in [6, 6.07) is 7.32. The largest absolute Gasteiger partial charge is 0.481 e. The number of hydrogen-bond donors (Lipinski definition) is 3. The normalized spacial score (nSPS) is 27.6. The molecule has 2 saturated carbocycles. The Labute approximate surface area is 152 Å². The molecular formula is C19H24N2O5. The minimum Gasteiger partial charge on any atom is -0.481 e. The summed E-state index contributed by atoms with van der Waals surface area (Å²) in [4.78, 5) is 36.1. The second kappa shape index (κ2) is 7.35. The van der Waals surface area contributed by atoms with Crippen molar-refractivity contribution < 1.29 is 24.2 Å². The number of fused-ring (bicyclic) bond motifs is 2. The Morgan fingerprint density at radius 1 is 1.15 bits per heavy atom. The van der Waals surface area contributed by atoms with Gasteiger partial charge in [-0.15, -0.1) is 0 Å². The summed E-state index contributed by atoms with van der Waals surface area (Å²) >= 11 is 0. The second-order valence-electron chi connectivity index (χ2n) is 7.28. The van der Waals surface area contributed by atoms with E-state index >= 15 is 0 Å². The van der Waals surface area contributed by atoms with Gasteiger partial charge in [0.15, 0.2) is 6.10 Å². The molecule has 0 aliphatic heterocycles. The molecule has 5 atom stereocenters. The third-order valence-electron chi connectivity index (χ3n) is 5.48. The lowest BCUT2D eigenvalue weighted by Gasteiger charge is -2.27. The first kappa shape index (κ1) is 18.2. The standard InChI is InChI=1S/C19H24N2O5/c1-10-4-3-5-14(8-10)26-11(2)17(22)20-21-18(23)15-12-6-7-13(9-12)16(15)19(24)25/h3-5,8,11-13,15-16H,6-7,9H2,1-2H3,(H,20,22)(H,21,23)(H,24,25). The minimum atomic E-state index is -0.931. The van der Waals surface area contributed by atoms with Gasteiger partial charge in [0.1, 0.15) is 5.75 Å². The molecule has 2 aliphatic carbocycles. The third-order valence-corrected chi connectivity index (χ3v) is 5.48. The Hall–Kier alpha value is -2.57. The van der Waals surface area contributed by atoms with Crippen molar-refractivity contribution in [2.75, 3.05) is 0 Å². The molecule has 140 valence electrons. The number of rotatable bonds is 5. The molecule has 0 radical (unpaired) electrons. The van der Waals surface area contributed by atoms with Crippen molar-refractivity contribution in [3.8, 4) is 5.75 Å². The number of carboxylic acids is 1. The van der Waals surface area contributed by atoms with Crippen LogP contribution >= 0.6 is 0 Å². The molecule has 3 rings (SSSR count). The molecular weight excluding hydrogens is 336 g/mol. The number of carbonyl (C=O) groups excluding carboxylic acids is 2. The Morgan fingerprint density at radius 3 is 2.50 bits per heavy atom. The van der Waals surface area contributed by atoms with Crippen LogP contribution in [-0.4, -0.2) is 29.0 Å². The molecule has 2 bridgehead atoms. The lowest BCUT2D eigenvalue weighted by Crippen LogP contribution is -2.51. The zero-order chi connectivity index (χ0) is 18.8. The first-order valence-electron chi connectivity index (χ1n) is 8.92. The number of ether oxygens (including phenoxy) is 1. The zero-order valence-electron chi connectivity index (χ0n) is 14.9. The van der Waals surface area contributed by atoms with Crippen molar-refractivity contribution in [3.63, 3.8) is 0 Å². The maximum Gasteiger partial charge on any atom is 0.307 e. The quantitative estimate of drug-likeness (QED) is 0.693. The first-order chi connectivity index (χ1) is 12.4. The molecule has 26 heavy (non-hydrogen) atoms. The van der Waals surface area contributed by atoms with Crippen LogP contribution in [0.15, 0.2) is 24.3 Å². The minimum absolute atomic E-state index is 0.0625. The molecule has 0 spiro atoms. The van der Waals surface area contributed by atoms with Crippen molar-refractivity contribution in [2.45, 2.75) is 39.2 Å². The molecule has 2 amide bonds.